The van der Waals surface area contributed by atoms with Crippen molar-refractivity contribution in [2.75, 3.05) is 0 Å². The lowest BCUT2D eigenvalue weighted by atomic mass is 9.81. The third-order valence-electron chi connectivity index (χ3n) is 9.72. The average Bonchev–Trinajstić information content (AvgIpc) is 3.19. The van der Waals surface area contributed by atoms with Crippen LogP contribution in [0.1, 0.15) is 58.1 Å². The van der Waals surface area contributed by atoms with Crippen molar-refractivity contribution in [3.05, 3.63) is 231 Å². The van der Waals surface area contributed by atoms with Crippen LogP contribution in [0.3, 0.4) is 0 Å². The lowest BCUT2D eigenvalue weighted by Crippen LogP contribution is -2.05. The molecule has 0 heterocycles. The van der Waals surface area contributed by atoms with E-state index in [1.165, 1.54) is 50.1 Å². The second-order valence-corrected chi connectivity index (χ2v) is 17.4. The summed E-state index contributed by atoms with van der Waals surface area (Å²) in [7, 11) is 0. The third kappa shape index (κ3) is 9.07. The highest BCUT2D eigenvalue weighted by Gasteiger charge is 2.24. The molecule has 0 aliphatic heterocycles. The average molecular weight is 1000 g/mol. The normalized spacial score (nSPS) is 16.6. The minimum absolute atomic E-state index is 0.230. The Bertz CT molecular complexity index is 2270. The SMILES string of the molecule is Clc1ccccc1C1=CC(c2ccccc2Br)CC(c2ccccc2Br)=C1.Clc1ccccc1C1C=C(c2ccccc2Br)C=C(c2ccccc2Br)C1. The minimum Gasteiger partial charge on any atom is -0.0840 e. The Morgan fingerprint density at radius 3 is 1.22 bits per heavy atom. The summed E-state index contributed by atoms with van der Waals surface area (Å²) in [6.07, 6.45) is 11.1. The molecule has 0 saturated heterocycles. The van der Waals surface area contributed by atoms with E-state index in [-0.39, 0.29) is 11.8 Å². The van der Waals surface area contributed by atoms with E-state index in [0.29, 0.717) is 0 Å². The van der Waals surface area contributed by atoms with Crippen LogP contribution in [0.4, 0.5) is 0 Å². The Balaban J connectivity index is 0.000000167. The van der Waals surface area contributed by atoms with Gasteiger partial charge in [-0.15, -0.1) is 0 Å². The van der Waals surface area contributed by atoms with Crippen molar-refractivity contribution in [1.29, 1.82) is 0 Å². The van der Waals surface area contributed by atoms with Crippen LogP contribution in [0.5, 0.6) is 0 Å². The van der Waals surface area contributed by atoms with Gasteiger partial charge in [-0.25, -0.2) is 0 Å². The molecular formula is C48H34Br4Cl2. The quantitative estimate of drug-likeness (QED) is 0.156. The summed E-state index contributed by atoms with van der Waals surface area (Å²) in [6, 6.07) is 49.8. The molecule has 0 aromatic heterocycles. The highest BCUT2D eigenvalue weighted by molar-refractivity contribution is 9.11. The molecule has 0 N–H and O–H groups in total. The van der Waals surface area contributed by atoms with Gasteiger partial charge in [0.2, 0.25) is 0 Å². The molecule has 0 radical (unpaired) electrons. The van der Waals surface area contributed by atoms with E-state index in [9.17, 15) is 0 Å². The molecule has 2 atom stereocenters. The molecule has 2 unspecified atom stereocenters. The van der Waals surface area contributed by atoms with Gasteiger partial charge in [-0.1, -0.05) is 220 Å². The van der Waals surface area contributed by atoms with E-state index >= 15 is 0 Å². The molecule has 54 heavy (non-hydrogen) atoms. The standard InChI is InChI=1S/2C24H17Br2Cl/c2*25-22-10-4-1-7-19(22)16-13-17(20-8-2-5-11-23(20)26)15-18(14-16)21-9-3-6-12-24(21)27/h1-12,14-16H,13H2;1-14,18H,15H2. The van der Waals surface area contributed by atoms with Gasteiger partial charge in [-0.05, 0) is 105 Å². The summed E-state index contributed by atoms with van der Waals surface area (Å²) in [5, 5.41) is 1.60. The first-order valence-corrected chi connectivity index (χ1v) is 21.5. The highest BCUT2D eigenvalue weighted by Crippen LogP contribution is 2.45. The monoisotopic (exact) mass is 996 g/mol. The van der Waals surface area contributed by atoms with Crippen molar-refractivity contribution < 1.29 is 0 Å². The van der Waals surface area contributed by atoms with Gasteiger partial charge in [-0.2, -0.15) is 0 Å². The van der Waals surface area contributed by atoms with Crippen LogP contribution < -0.4 is 0 Å². The van der Waals surface area contributed by atoms with E-state index in [0.717, 1.165) is 46.3 Å². The van der Waals surface area contributed by atoms with Crippen molar-refractivity contribution in [3.63, 3.8) is 0 Å². The summed E-state index contributed by atoms with van der Waals surface area (Å²) >= 11 is 27.9. The number of benzene rings is 6. The maximum atomic E-state index is 6.54. The number of hydrogen-bond acceptors (Lipinski definition) is 0. The van der Waals surface area contributed by atoms with Crippen molar-refractivity contribution in [2.45, 2.75) is 24.7 Å². The smallest absolute Gasteiger partial charge is 0.0484 e. The largest absolute Gasteiger partial charge is 0.0840 e. The second kappa shape index (κ2) is 18.2. The Morgan fingerprint density at radius 1 is 0.370 bits per heavy atom. The maximum absolute atomic E-state index is 6.54. The fourth-order valence-corrected chi connectivity index (χ4v) is 9.80. The number of rotatable bonds is 6. The Kier molecular flexibility index (Phi) is 13.1. The molecule has 0 bridgehead atoms. The fraction of sp³-hybridized carbons (Fsp3) is 0.0833. The van der Waals surface area contributed by atoms with Crippen LogP contribution in [0.2, 0.25) is 10.0 Å². The molecule has 0 nitrogen and oxygen atoms in total. The van der Waals surface area contributed by atoms with E-state index in [1.54, 1.807) is 0 Å². The van der Waals surface area contributed by atoms with Crippen LogP contribution in [0.15, 0.2) is 188 Å². The Hall–Kier alpha value is -3.22. The van der Waals surface area contributed by atoms with Crippen LogP contribution >= 0.6 is 86.9 Å². The zero-order valence-corrected chi connectivity index (χ0v) is 36.9. The lowest BCUT2D eigenvalue weighted by Gasteiger charge is -2.24. The molecular weight excluding hydrogens is 967 g/mol. The number of halogens is 6. The zero-order chi connectivity index (χ0) is 37.6. The van der Waals surface area contributed by atoms with Crippen LogP contribution in [-0.4, -0.2) is 0 Å². The second-order valence-electron chi connectivity index (χ2n) is 13.2. The Morgan fingerprint density at radius 2 is 0.741 bits per heavy atom. The summed E-state index contributed by atoms with van der Waals surface area (Å²) < 4.78 is 4.46. The van der Waals surface area contributed by atoms with Crippen LogP contribution in [-0.2, 0) is 0 Å². The molecule has 2 aliphatic rings. The first kappa shape index (κ1) is 39.0. The molecule has 0 fully saturated rings. The molecule has 8 rings (SSSR count). The molecule has 0 saturated carbocycles. The minimum atomic E-state index is 0.230. The van der Waals surface area contributed by atoms with Crippen molar-refractivity contribution in [1.82, 2.24) is 0 Å². The van der Waals surface area contributed by atoms with Gasteiger partial charge in [0, 0.05) is 39.8 Å². The van der Waals surface area contributed by atoms with Gasteiger partial charge >= 0.3 is 0 Å². The zero-order valence-electron chi connectivity index (χ0n) is 29.0. The van der Waals surface area contributed by atoms with Crippen LogP contribution in [0, 0.1) is 0 Å². The van der Waals surface area contributed by atoms with E-state index in [2.05, 4.69) is 185 Å². The molecule has 6 aromatic carbocycles. The summed E-state index contributed by atoms with van der Waals surface area (Å²) in [5.74, 6) is 0.506. The third-order valence-corrected chi connectivity index (χ3v) is 13.2. The molecule has 6 aromatic rings. The first-order chi connectivity index (χ1) is 26.3. The highest BCUT2D eigenvalue weighted by atomic mass is 79.9. The van der Waals surface area contributed by atoms with Crippen molar-refractivity contribution in [3.8, 4) is 0 Å². The number of hydrogen-bond donors (Lipinski definition) is 0. The van der Waals surface area contributed by atoms with E-state index in [1.807, 2.05) is 48.5 Å². The molecule has 2 aliphatic carbocycles. The topological polar surface area (TPSA) is 0 Å². The van der Waals surface area contributed by atoms with Gasteiger partial charge < -0.3 is 0 Å². The molecule has 0 amide bonds. The van der Waals surface area contributed by atoms with E-state index in [4.69, 9.17) is 23.2 Å². The summed E-state index contributed by atoms with van der Waals surface area (Å²) in [5.41, 5.74) is 12.2. The molecule has 268 valence electrons. The fourth-order valence-electron chi connectivity index (χ4n) is 7.11. The van der Waals surface area contributed by atoms with Gasteiger partial charge in [0.05, 0.1) is 0 Å². The van der Waals surface area contributed by atoms with Gasteiger partial charge in [0.25, 0.3) is 0 Å². The molecule has 0 spiro atoms. The number of allylic oxidation sites excluding steroid dienone is 8. The Labute approximate surface area is 361 Å². The summed E-state index contributed by atoms with van der Waals surface area (Å²) in [6.45, 7) is 0. The first-order valence-electron chi connectivity index (χ1n) is 17.6. The van der Waals surface area contributed by atoms with Crippen molar-refractivity contribution >= 4 is 109 Å². The predicted molar refractivity (Wildman–Crippen MR) is 246 cm³/mol. The van der Waals surface area contributed by atoms with Gasteiger partial charge in [-0.3, -0.25) is 0 Å². The van der Waals surface area contributed by atoms with Gasteiger partial charge in [0.1, 0.15) is 0 Å². The lowest BCUT2D eigenvalue weighted by molar-refractivity contribution is 0.865. The maximum Gasteiger partial charge on any atom is 0.0484 e. The molecule has 6 heteroatoms. The predicted octanol–water partition coefficient (Wildman–Crippen LogP) is 17.0. The van der Waals surface area contributed by atoms with E-state index < -0.39 is 0 Å². The summed E-state index contributed by atoms with van der Waals surface area (Å²) in [4.78, 5) is 0. The van der Waals surface area contributed by atoms with Gasteiger partial charge in [0.15, 0.2) is 0 Å². The van der Waals surface area contributed by atoms with Crippen LogP contribution in [0.25, 0.3) is 22.3 Å². The van der Waals surface area contributed by atoms with Crippen molar-refractivity contribution in [2.24, 2.45) is 0 Å².